The van der Waals surface area contributed by atoms with E-state index in [0.29, 0.717) is 6.61 Å². The van der Waals surface area contributed by atoms with Crippen molar-refractivity contribution in [3.05, 3.63) is 59.7 Å². The molecule has 0 aliphatic carbocycles. The lowest BCUT2D eigenvalue weighted by Gasteiger charge is -2.10. The topological polar surface area (TPSA) is 44.5 Å². The van der Waals surface area contributed by atoms with E-state index in [2.05, 4.69) is 12.1 Å². The van der Waals surface area contributed by atoms with Crippen molar-refractivity contribution in [2.45, 2.75) is 19.4 Å². The van der Waals surface area contributed by atoms with Gasteiger partial charge in [0.25, 0.3) is 0 Å². The van der Waals surface area contributed by atoms with E-state index in [1.54, 1.807) is 7.11 Å². The van der Waals surface area contributed by atoms with Crippen molar-refractivity contribution in [2.24, 2.45) is 5.73 Å². The Labute approximate surface area is 120 Å². The van der Waals surface area contributed by atoms with Crippen molar-refractivity contribution in [3.8, 4) is 11.5 Å². The normalized spacial score (nSPS) is 11.9. The summed E-state index contributed by atoms with van der Waals surface area (Å²) in [5, 5.41) is 0. The van der Waals surface area contributed by atoms with Crippen molar-refractivity contribution in [1.29, 1.82) is 0 Å². The van der Waals surface area contributed by atoms with Crippen molar-refractivity contribution < 1.29 is 9.47 Å². The van der Waals surface area contributed by atoms with E-state index in [-0.39, 0.29) is 6.04 Å². The van der Waals surface area contributed by atoms with Gasteiger partial charge in [0, 0.05) is 12.5 Å². The van der Waals surface area contributed by atoms with Gasteiger partial charge in [0.2, 0.25) is 0 Å². The molecule has 0 aromatic heterocycles. The monoisotopic (exact) mass is 271 g/mol. The summed E-state index contributed by atoms with van der Waals surface area (Å²) in [7, 11) is 1.67. The highest BCUT2D eigenvalue weighted by Gasteiger charge is 2.01. The summed E-state index contributed by atoms with van der Waals surface area (Å²) in [6.45, 7) is 2.62. The maximum atomic E-state index is 5.86. The molecule has 0 radical (unpaired) electrons. The average molecular weight is 271 g/mol. The number of methoxy groups -OCH3 is 1. The Morgan fingerprint density at radius 3 is 2.45 bits per heavy atom. The minimum atomic E-state index is 0.0279. The number of benzene rings is 2. The molecule has 1 unspecified atom stereocenters. The molecule has 0 saturated carbocycles. The molecule has 0 aliphatic heterocycles. The second-order valence-electron chi connectivity index (χ2n) is 4.81. The molecule has 3 heteroatoms. The molecule has 1 atom stereocenters. The minimum Gasteiger partial charge on any atom is -0.497 e. The fourth-order valence-corrected chi connectivity index (χ4v) is 1.97. The molecule has 2 aromatic carbocycles. The molecule has 0 bridgehead atoms. The molecule has 0 heterocycles. The van der Waals surface area contributed by atoms with Crippen LogP contribution in [0.25, 0.3) is 0 Å². The lowest BCUT2D eigenvalue weighted by molar-refractivity contribution is 0.321. The molecule has 20 heavy (non-hydrogen) atoms. The molecule has 0 amide bonds. The van der Waals surface area contributed by atoms with E-state index < -0.39 is 0 Å². The summed E-state index contributed by atoms with van der Waals surface area (Å²) in [6.07, 6.45) is 0.867. The van der Waals surface area contributed by atoms with E-state index in [4.69, 9.17) is 15.2 Å². The van der Waals surface area contributed by atoms with Crippen LogP contribution in [0.4, 0.5) is 0 Å². The Balaban J connectivity index is 1.87. The highest BCUT2D eigenvalue weighted by molar-refractivity contribution is 5.30. The summed E-state index contributed by atoms with van der Waals surface area (Å²) < 4.78 is 10.9. The van der Waals surface area contributed by atoms with Crippen LogP contribution >= 0.6 is 0 Å². The van der Waals surface area contributed by atoms with Crippen LogP contribution in [-0.4, -0.2) is 13.7 Å². The van der Waals surface area contributed by atoms with Crippen LogP contribution < -0.4 is 15.2 Å². The van der Waals surface area contributed by atoms with Gasteiger partial charge in [-0.1, -0.05) is 24.3 Å². The van der Waals surface area contributed by atoms with E-state index in [1.165, 1.54) is 5.56 Å². The summed E-state index contributed by atoms with van der Waals surface area (Å²) in [4.78, 5) is 0. The first kappa shape index (κ1) is 14.4. The second-order valence-corrected chi connectivity index (χ2v) is 4.81. The second kappa shape index (κ2) is 6.96. The van der Waals surface area contributed by atoms with Crippen LogP contribution in [0.5, 0.6) is 11.5 Å². The zero-order valence-electron chi connectivity index (χ0n) is 12.0. The van der Waals surface area contributed by atoms with Gasteiger partial charge in [-0.15, -0.1) is 0 Å². The van der Waals surface area contributed by atoms with Crippen LogP contribution in [0, 0.1) is 0 Å². The third-order valence-corrected chi connectivity index (χ3v) is 3.20. The first-order valence-electron chi connectivity index (χ1n) is 6.80. The van der Waals surface area contributed by atoms with Gasteiger partial charge in [0.05, 0.1) is 13.7 Å². The fourth-order valence-electron chi connectivity index (χ4n) is 1.97. The predicted molar refractivity (Wildman–Crippen MR) is 81.2 cm³/mol. The molecular weight excluding hydrogens is 250 g/mol. The Morgan fingerprint density at radius 1 is 1.05 bits per heavy atom. The first-order valence-corrected chi connectivity index (χ1v) is 6.80. The summed E-state index contributed by atoms with van der Waals surface area (Å²) in [5.41, 5.74) is 8.18. The number of hydrogen-bond acceptors (Lipinski definition) is 3. The van der Waals surface area contributed by atoms with Crippen LogP contribution in [0.1, 0.15) is 24.1 Å². The van der Waals surface area contributed by atoms with Gasteiger partial charge >= 0.3 is 0 Å². The van der Waals surface area contributed by atoms with E-state index in [0.717, 1.165) is 23.5 Å². The maximum Gasteiger partial charge on any atom is 0.119 e. The number of nitrogens with two attached hydrogens (primary N) is 1. The van der Waals surface area contributed by atoms with E-state index >= 15 is 0 Å². The largest absolute Gasteiger partial charge is 0.497 e. The van der Waals surface area contributed by atoms with E-state index in [1.807, 2.05) is 43.3 Å². The molecule has 0 fully saturated rings. The number of hydrogen-bond donors (Lipinski definition) is 1. The zero-order chi connectivity index (χ0) is 14.4. The Hall–Kier alpha value is -2.00. The fraction of sp³-hybridized carbons (Fsp3) is 0.294. The van der Waals surface area contributed by atoms with Gasteiger partial charge in [-0.25, -0.2) is 0 Å². The highest BCUT2D eigenvalue weighted by atomic mass is 16.5. The first-order chi connectivity index (χ1) is 9.69. The third-order valence-electron chi connectivity index (χ3n) is 3.20. The van der Waals surface area contributed by atoms with Gasteiger partial charge < -0.3 is 15.2 Å². The average Bonchev–Trinajstić information content (AvgIpc) is 2.48. The van der Waals surface area contributed by atoms with Gasteiger partial charge in [-0.05, 0) is 42.3 Å². The predicted octanol–water partition coefficient (Wildman–Crippen LogP) is 3.34. The molecular formula is C17H21NO2. The quantitative estimate of drug-likeness (QED) is 0.876. The third kappa shape index (κ3) is 4.00. The van der Waals surface area contributed by atoms with Crippen molar-refractivity contribution in [2.75, 3.05) is 13.7 Å². The lowest BCUT2D eigenvalue weighted by Crippen LogP contribution is -2.06. The van der Waals surface area contributed by atoms with E-state index in [9.17, 15) is 0 Å². The molecule has 0 saturated heterocycles. The van der Waals surface area contributed by atoms with Crippen molar-refractivity contribution in [3.63, 3.8) is 0 Å². The van der Waals surface area contributed by atoms with Gasteiger partial charge in [-0.3, -0.25) is 0 Å². The molecule has 2 N–H and O–H groups in total. The van der Waals surface area contributed by atoms with Gasteiger partial charge in [-0.2, -0.15) is 0 Å². The zero-order valence-corrected chi connectivity index (χ0v) is 12.0. The summed E-state index contributed by atoms with van der Waals surface area (Å²) >= 11 is 0. The number of ether oxygens (including phenoxy) is 2. The molecule has 3 nitrogen and oxygen atoms in total. The lowest BCUT2D eigenvalue weighted by atomic mass is 10.1. The highest BCUT2D eigenvalue weighted by Crippen LogP contribution is 2.18. The molecule has 0 spiro atoms. The summed E-state index contributed by atoms with van der Waals surface area (Å²) in [5.74, 6) is 1.74. The van der Waals surface area contributed by atoms with Crippen LogP contribution in [0.2, 0.25) is 0 Å². The Kier molecular flexibility index (Phi) is 5.02. The van der Waals surface area contributed by atoms with Crippen LogP contribution in [0.15, 0.2) is 48.5 Å². The van der Waals surface area contributed by atoms with Gasteiger partial charge in [0.15, 0.2) is 0 Å². The summed E-state index contributed by atoms with van der Waals surface area (Å²) in [6, 6.07) is 16.0. The Bertz CT molecular complexity index is 535. The van der Waals surface area contributed by atoms with Crippen LogP contribution in [0.3, 0.4) is 0 Å². The van der Waals surface area contributed by atoms with Crippen LogP contribution in [-0.2, 0) is 6.42 Å². The number of rotatable bonds is 6. The van der Waals surface area contributed by atoms with Crippen molar-refractivity contribution >= 4 is 0 Å². The maximum absolute atomic E-state index is 5.86. The Morgan fingerprint density at radius 2 is 1.80 bits per heavy atom. The SMILES string of the molecule is COc1ccc(CCOc2cccc(C(C)N)c2)cc1. The molecule has 2 rings (SSSR count). The molecule has 0 aliphatic rings. The molecule has 106 valence electrons. The van der Waals surface area contributed by atoms with Gasteiger partial charge in [0.1, 0.15) is 11.5 Å². The molecule has 2 aromatic rings. The standard InChI is InChI=1S/C17H21NO2/c1-13(18)15-4-3-5-17(12-15)20-11-10-14-6-8-16(19-2)9-7-14/h3-9,12-13H,10-11,18H2,1-2H3. The van der Waals surface area contributed by atoms with Crippen molar-refractivity contribution in [1.82, 2.24) is 0 Å². The minimum absolute atomic E-state index is 0.0279. The smallest absolute Gasteiger partial charge is 0.119 e.